The van der Waals surface area contributed by atoms with Crippen LogP contribution in [0.3, 0.4) is 0 Å². The third-order valence-electron chi connectivity index (χ3n) is 2.48. The average molecular weight is 199 g/mol. The quantitative estimate of drug-likeness (QED) is 0.627. The summed E-state index contributed by atoms with van der Waals surface area (Å²) in [6.45, 7) is 6.38. The van der Waals surface area contributed by atoms with E-state index in [-0.39, 0.29) is 5.54 Å². The molecule has 0 amide bonds. The molecule has 0 saturated heterocycles. The van der Waals surface area contributed by atoms with Gasteiger partial charge in [-0.25, -0.2) is 4.68 Å². The molecule has 13 heavy (non-hydrogen) atoms. The van der Waals surface area contributed by atoms with E-state index in [0.717, 1.165) is 18.0 Å². The standard InChI is InChI=1S/C10H15ClN2/c1-10(2,3)13-9(11)7-5-4-6-8(7)12-13/h4-6H2,1-3H3. The SMILES string of the molecule is CC(C)(C)n1nc2c(c1Cl)CCC2. The number of aryl methyl sites for hydroxylation is 1. The Bertz CT molecular complexity index is 333. The Labute approximate surface area is 83.9 Å². The van der Waals surface area contributed by atoms with Crippen LogP contribution in [0.4, 0.5) is 0 Å². The summed E-state index contributed by atoms with van der Waals surface area (Å²) in [7, 11) is 0. The van der Waals surface area contributed by atoms with Crippen molar-refractivity contribution in [3.63, 3.8) is 0 Å². The van der Waals surface area contributed by atoms with Gasteiger partial charge in [0.25, 0.3) is 0 Å². The molecular weight excluding hydrogens is 184 g/mol. The lowest BCUT2D eigenvalue weighted by Gasteiger charge is -2.20. The van der Waals surface area contributed by atoms with Gasteiger partial charge in [-0.1, -0.05) is 11.6 Å². The minimum Gasteiger partial charge on any atom is -0.248 e. The monoisotopic (exact) mass is 198 g/mol. The zero-order valence-corrected chi connectivity index (χ0v) is 9.15. The van der Waals surface area contributed by atoms with Crippen molar-refractivity contribution >= 4 is 11.6 Å². The smallest absolute Gasteiger partial charge is 0.131 e. The summed E-state index contributed by atoms with van der Waals surface area (Å²) >= 11 is 6.25. The van der Waals surface area contributed by atoms with Gasteiger partial charge in [0, 0.05) is 5.56 Å². The molecule has 0 unspecified atom stereocenters. The van der Waals surface area contributed by atoms with E-state index < -0.39 is 0 Å². The van der Waals surface area contributed by atoms with Gasteiger partial charge in [0.05, 0.1) is 11.2 Å². The van der Waals surface area contributed by atoms with Crippen LogP contribution in [0.5, 0.6) is 0 Å². The van der Waals surface area contributed by atoms with Crippen LogP contribution in [0.1, 0.15) is 38.4 Å². The molecule has 0 spiro atoms. The molecule has 72 valence electrons. The molecule has 1 aliphatic rings. The molecule has 1 aromatic heterocycles. The van der Waals surface area contributed by atoms with Crippen molar-refractivity contribution in [2.24, 2.45) is 0 Å². The third-order valence-corrected chi connectivity index (χ3v) is 2.87. The number of aromatic nitrogens is 2. The first kappa shape index (κ1) is 9.07. The summed E-state index contributed by atoms with van der Waals surface area (Å²) in [4.78, 5) is 0. The van der Waals surface area contributed by atoms with E-state index in [0.29, 0.717) is 0 Å². The summed E-state index contributed by atoms with van der Waals surface area (Å²) in [5.74, 6) is 0. The lowest BCUT2D eigenvalue weighted by Crippen LogP contribution is -2.23. The second-order valence-corrected chi connectivity index (χ2v) is 5.01. The molecule has 0 atom stereocenters. The predicted molar refractivity (Wildman–Crippen MR) is 54.3 cm³/mol. The fourth-order valence-electron chi connectivity index (χ4n) is 1.80. The highest BCUT2D eigenvalue weighted by Crippen LogP contribution is 2.31. The molecule has 1 aliphatic carbocycles. The fraction of sp³-hybridized carbons (Fsp3) is 0.700. The Balaban J connectivity index is 2.51. The number of hydrogen-bond donors (Lipinski definition) is 0. The number of nitrogens with zero attached hydrogens (tertiary/aromatic N) is 2. The first-order valence-corrected chi connectivity index (χ1v) is 5.14. The highest BCUT2D eigenvalue weighted by atomic mass is 35.5. The number of halogens is 1. The van der Waals surface area contributed by atoms with Crippen molar-refractivity contribution in [1.29, 1.82) is 0 Å². The molecule has 0 fully saturated rings. The average Bonchev–Trinajstić information content (AvgIpc) is 2.51. The largest absolute Gasteiger partial charge is 0.248 e. The lowest BCUT2D eigenvalue weighted by atomic mass is 10.1. The first-order chi connectivity index (χ1) is 6.00. The van der Waals surface area contributed by atoms with Gasteiger partial charge in [0.2, 0.25) is 0 Å². The fourth-order valence-corrected chi connectivity index (χ4v) is 2.29. The Hall–Kier alpha value is -0.500. The number of hydrogen-bond acceptors (Lipinski definition) is 1. The molecule has 0 aliphatic heterocycles. The van der Waals surface area contributed by atoms with Crippen LogP contribution in [0, 0.1) is 0 Å². The van der Waals surface area contributed by atoms with Crippen LogP contribution >= 0.6 is 11.6 Å². The van der Waals surface area contributed by atoms with Crippen LogP contribution in [0.25, 0.3) is 0 Å². The van der Waals surface area contributed by atoms with Gasteiger partial charge < -0.3 is 0 Å². The maximum atomic E-state index is 6.25. The zero-order valence-electron chi connectivity index (χ0n) is 8.39. The zero-order chi connectivity index (χ0) is 9.64. The van der Waals surface area contributed by atoms with Crippen molar-refractivity contribution in [1.82, 2.24) is 9.78 Å². The summed E-state index contributed by atoms with van der Waals surface area (Å²) in [5.41, 5.74) is 2.48. The minimum atomic E-state index is 0.00141. The molecule has 3 heteroatoms. The van der Waals surface area contributed by atoms with E-state index in [9.17, 15) is 0 Å². The van der Waals surface area contributed by atoms with Gasteiger partial charge in [-0.05, 0) is 40.0 Å². The molecule has 1 aromatic rings. The van der Waals surface area contributed by atoms with Crippen LogP contribution in [0.15, 0.2) is 0 Å². The predicted octanol–water partition coefficient (Wildman–Crippen LogP) is 2.78. The molecule has 2 rings (SSSR count). The van der Waals surface area contributed by atoms with Gasteiger partial charge in [0.15, 0.2) is 0 Å². The molecule has 1 heterocycles. The maximum Gasteiger partial charge on any atom is 0.131 e. The molecule has 0 N–H and O–H groups in total. The van der Waals surface area contributed by atoms with E-state index in [4.69, 9.17) is 11.6 Å². The lowest BCUT2D eigenvalue weighted by molar-refractivity contribution is 0.353. The Morgan fingerprint density at radius 2 is 2.00 bits per heavy atom. The Morgan fingerprint density at radius 3 is 2.54 bits per heavy atom. The van der Waals surface area contributed by atoms with Crippen LogP contribution in [-0.2, 0) is 18.4 Å². The van der Waals surface area contributed by atoms with E-state index in [1.54, 1.807) is 0 Å². The highest BCUT2D eigenvalue weighted by molar-refractivity contribution is 6.30. The van der Waals surface area contributed by atoms with Gasteiger partial charge in [-0.3, -0.25) is 0 Å². The van der Waals surface area contributed by atoms with Crippen molar-refractivity contribution in [3.05, 3.63) is 16.4 Å². The van der Waals surface area contributed by atoms with Crippen molar-refractivity contribution in [2.45, 2.75) is 45.6 Å². The summed E-state index contributed by atoms with van der Waals surface area (Å²) < 4.78 is 1.94. The Morgan fingerprint density at radius 1 is 1.31 bits per heavy atom. The molecule has 2 nitrogen and oxygen atoms in total. The normalized spacial score (nSPS) is 16.3. The second-order valence-electron chi connectivity index (χ2n) is 4.65. The summed E-state index contributed by atoms with van der Waals surface area (Å²) in [5, 5.41) is 5.39. The maximum absolute atomic E-state index is 6.25. The highest BCUT2D eigenvalue weighted by Gasteiger charge is 2.25. The molecule has 0 aromatic carbocycles. The number of fused-ring (bicyclic) bond motifs is 1. The number of rotatable bonds is 0. The third kappa shape index (κ3) is 1.37. The van der Waals surface area contributed by atoms with E-state index in [1.807, 2.05) is 4.68 Å². The molecule has 0 radical (unpaired) electrons. The van der Waals surface area contributed by atoms with Crippen LogP contribution in [0.2, 0.25) is 5.15 Å². The van der Waals surface area contributed by atoms with Crippen molar-refractivity contribution in [3.8, 4) is 0 Å². The van der Waals surface area contributed by atoms with Crippen LogP contribution in [-0.4, -0.2) is 9.78 Å². The molecular formula is C10H15ClN2. The molecule has 0 saturated carbocycles. The van der Waals surface area contributed by atoms with Crippen molar-refractivity contribution < 1.29 is 0 Å². The van der Waals surface area contributed by atoms with Gasteiger partial charge >= 0.3 is 0 Å². The Kier molecular flexibility index (Phi) is 1.91. The van der Waals surface area contributed by atoms with E-state index >= 15 is 0 Å². The summed E-state index contributed by atoms with van der Waals surface area (Å²) in [6.07, 6.45) is 3.41. The minimum absolute atomic E-state index is 0.00141. The topological polar surface area (TPSA) is 17.8 Å². The van der Waals surface area contributed by atoms with E-state index in [1.165, 1.54) is 17.7 Å². The second kappa shape index (κ2) is 2.74. The summed E-state index contributed by atoms with van der Waals surface area (Å²) in [6, 6.07) is 0. The van der Waals surface area contributed by atoms with Gasteiger partial charge in [-0.2, -0.15) is 5.10 Å². The first-order valence-electron chi connectivity index (χ1n) is 4.77. The van der Waals surface area contributed by atoms with Gasteiger partial charge in [-0.15, -0.1) is 0 Å². The van der Waals surface area contributed by atoms with Crippen molar-refractivity contribution in [2.75, 3.05) is 0 Å². The van der Waals surface area contributed by atoms with E-state index in [2.05, 4.69) is 25.9 Å². The van der Waals surface area contributed by atoms with Gasteiger partial charge in [0.1, 0.15) is 5.15 Å². The van der Waals surface area contributed by atoms with Crippen LogP contribution < -0.4 is 0 Å². The molecule has 0 bridgehead atoms.